The first-order chi connectivity index (χ1) is 18.3. The van der Waals surface area contributed by atoms with E-state index in [0.29, 0.717) is 67.7 Å². The maximum absolute atomic E-state index is 13.4. The number of pyridine rings is 1. The minimum absolute atomic E-state index is 0.0179. The maximum atomic E-state index is 13.4. The number of hydrogen-bond acceptors (Lipinski definition) is 7. The van der Waals surface area contributed by atoms with Gasteiger partial charge in [0.1, 0.15) is 18.1 Å². The molecule has 0 unspecified atom stereocenters. The molecule has 3 N–H and O–H groups in total. The molecule has 10 heteroatoms. The Morgan fingerprint density at radius 2 is 1.76 bits per heavy atom. The molecule has 1 aliphatic heterocycles. The van der Waals surface area contributed by atoms with Crippen molar-refractivity contribution >= 4 is 10.9 Å². The van der Waals surface area contributed by atoms with Crippen molar-refractivity contribution < 1.29 is 38.0 Å². The number of benzene rings is 2. The number of methoxy groups -OCH3 is 1. The van der Waals surface area contributed by atoms with E-state index >= 15 is 0 Å². The summed E-state index contributed by atoms with van der Waals surface area (Å²) in [7, 11) is 1.56. The van der Waals surface area contributed by atoms with E-state index in [1.54, 1.807) is 25.4 Å². The number of ether oxygens (including phenoxy) is 2. The molecule has 2 heterocycles. The maximum Gasteiger partial charge on any atom is 0.194 e. The second-order valence-corrected chi connectivity index (χ2v) is 9.84. The fourth-order valence-corrected chi connectivity index (χ4v) is 5.11. The molecule has 0 bridgehead atoms. The van der Waals surface area contributed by atoms with Gasteiger partial charge in [0.05, 0.1) is 25.3 Å². The van der Waals surface area contributed by atoms with E-state index < -0.39 is 23.6 Å². The molecule has 3 aromatic rings. The van der Waals surface area contributed by atoms with Gasteiger partial charge >= 0.3 is 0 Å². The van der Waals surface area contributed by atoms with Crippen molar-refractivity contribution in [3.63, 3.8) is 0 Å². The van der Waals surface area contributed by atoms with Crippen molar-refractivity contribution in [2.24, 2.45) is 5.41 Å². The lowest BCUT2D eigenvalue weighted by molar-refractivity contribution is 0.0203. The van der Waals surface area contributed by atoms with E-state index in [0.717, 1.165) is 17.5 Å². The fourth-order valence-electron chi connectivity index (χ4n) is 5.11. The van der Waals surface area contributed by atoms with Gasteiger partial charge in [0, 0.05) is 42.4 Å². The summed E-state index contributed by atoms with van der Waals surface area (Å²) in [5.74, 6) is -3.56. The topological polar surface area (TPSA) is 95.3 Å². The molecule has 0 radical (unpaired) electrons. The molecule has 1 aliphatic rings. The van der Waals surface area contributed by atoms with Crippen LogP contribution < -0.4 is 9.47 Å². The molecule has 2 aromatic carbocycles. The van der Waals surface area contributed by atoms with Crippen LogP contribution in [-0.2, 0) is 6.61 Å². The van der Waals surface area contributed by atoms with Crippen molar-refractivity contribution in [1.29, 1.82) is 0 Å². The number of rotatable bonds is 11. The van der Waals surface area contributed by atoms with Crippen LogP contribution in [0, 0.1) is 22.9 Å². The van der Waals surface area contributed by atoms with Crippen LogP contribution in [0.2, 0.25) is 0 Å². The van der Waals surface area contributed by atoms with E-state index in [-0.39, 0.29) is 31.0 Å². The third-order valence-electron chi connectivity index (χ3n) is 7.54. The van der Waals surface area contributed by atoms with Crippen molar-refractivity contribution in [1.82, 2.24) is 9.88 Å². The number of aromatic nitrogens is 1. The minimum atomic E-state index is -1.52. The Kier molecular flexibility index (Phi) is 9.09. The minimum Gasteiger partial charge on any atom is -0.497 e. The third kappa shape index (κ3) is 6.20. The Balaban J connectivity index is 1.34. The van der Waals surface area contributed by atoms with Gasteiger partial charge < -0.3 is 24.8 Å². The van der Waals surface area contributed by atoms with Gasteiger partial charge in [-0.3, -0.25) is 9.88 Å². The van der Waals surface area contributed by atoms with Crippen LogP contribution in [0.4, 0.5) is 13.2 Å². The highest BCUT2D eigenvalue weighted by atomic mass is 19.2. The number of nitrogens with zero attached hydrogens (tertiary/aromatic N) is 2. The Bertz CT molecular complexity index is 1220. The zero-order valence-electron chi connectivity index (χ0n) is 21.3. The zero-order chi connectivity index (χ0) is 27.3. The predicted octanol–water partition coefficient (Wildman–Crippen LogP) is 4.12. The van der Waals surface area contributed by atoms with E-state index in [2.05, 4.69) is 9.88 Å². The summed E-state index contributed by atoms with van der Waals surface area (Å²) >= 11 is 0. The van der Waals surface area contributed by atoms with Crippen molar-refractivity contribution in [3.8, 4) is 11.5 Å². The van der Waals surface area contributed by atoms with Gasteiger partial charge in [-0.2, -0.15) is 0 Å². The lowest BCUT2D eigenvalue weighted by Gasteiger charge is -2.41. The van der Waals surface area contributed by atoms with Gasteiger partial charge in [-0.25, -0.2) is 13.2 Å². The largest absolute Gasteiger partial charge is 0.497 e. The zero-order valence-corrected chi connectivity index (χ0v) is 21.3. The molecule has 1 aromatic heterocycles. The molecule has 1 saturated heterocycles. The van der Waals surface area contributed by atoms with Gasteiger partial charge in [0.25, 0.3) is 0 Å². The Hall–Kier alpha value is -2.92. The van der Waals surface area contributed by atoms with Gasteiger partial charge in [-0.15, -0.1) is 0 Å². The molecule has 0 saturated carbocycles. The SMILES string of the molecule is COc1ccc2ncc(CO)c([C@@H](O)CCC3(CO)CCN(CCOc4cc(F)c(F)c(F)c4)CC3)c2c1. The van der Waals surface area contributed by atoms with Crippen LogP contribution in [-0.4, -0.2) is 65.2 Å². The fraction of sp³-hybridized carbons (Fsp3) is 0.464. The normalized spacial score (nSPS) is 16.5. The van der Waals surface area contributed by atoms with Gasteiger partial charge in [-0.05, 0) is 68.0 Å². The molecule has 206 valence electrons. The Morgan fingerprint density at radius 1 is 1.05 bits per heavy atom. The van der Waals surface area contributed by atoms with E-state index in [9.17, 15) is 28.5 Å². The predicted molar refractivity (Wildman–Crippen MR) is 135 cm³/mol. The summed E-state index contributed by atoms with van der Waals surface area (Å²) in [6.07, 6.45) is 3.10. The number of halogens is 3. The van der Waals surface area contributed by atoms with E-state index in [4.69, 9.17) is 9.47 Å². The van der Waals surface area contributed by atoms with Gasteiger partial charge in [0.2, 0.25) is 0 Å². The van der Waals surface area contributed by atoms with Crippen LogP contribution >= 0.6 is 0 Å². The van der Waals surface area contributed by atoms with Crippen LogP contribution in [0.15, 0.2) is 36.5 Å². The summed E-state index contributed by atoms with van der Waals surface area (Å²) in [6.45, 7) is 1.78. The molecule has 0 spiro atoms. The van der Waals surface area contributed by atoms with Crippen LogP contribution in [0.5, 0.6) is 11.5 Å². The highest BCUT2D eigenvalue weighted by Gasteiger charge is 2.34. The van der Waals surface area contributed by atoms with Crippen molar-refractivity contribution in [2.45, 2.75) is 38.4 Å². The summed E-state index contributed by atoms with van der Waals surface area (Å²) in [4.78, 5) is 6.51. The molecular weight excluding hydrogens is 501 g/mol. The first kappa shape index (κ1) is 28.1. The number of aliphatic hydroxyl groups excluding tert-OH is 3. The molecule has 0 aliphatic carbocycles. The van der Waals surface area contributed by atoms with Gasteiger partial charge in [0.15, 0.2) is 17.5 Å². The first-order valence-corrected chi connectivity index (χ1v) is 12.6. The Labute approximate surface area is 219 Å². The van der Waals surface area contributed by atoms with Gasteiger partial charge in [-0.1, -0.05) is 0 Å². The third-order valence-corrected chi connectivity index (χ3v) is 7.54. The lowest BCUT2D eigenvalue weighted by Crippen LogP contribution is -2.43. The number of hydrogen-bond donors (Lipinski definition) is 3. The summed E-state index contributed by atoms with van der Waals surface area (Å²) in [5.41, 5.74) is 1.50. The van der Waals surface area contributed by atoms with E-state index in [1.807, 2.05) is 6.07 Å². The standard InChI is InChI=1S/C28H33F3N2O5/c1-37-19-2-3-24-21(12-19)26(18(16-34)15-32-24)25(36)4-5-28(17-35)6-8-33(9-7-28)10-11-38-20-13-22(29)27(31)23(30)14-20/h2-3,12-15,25,34-36H,4-11,16-17H2,1H3/t25-/m0/s1. The second-order valence-electron chi connectivity index (χ2n) is 9.84. The number of fused-ring (bicyclic) bond motifs is 1. The number of likely N-dealkylation sites (tertiary alicyclic amines) is 1. The van der Waals surface area contributed by atoms with Crippen LogP contribution in [0.25, 0.3) is 10.9 Å². The lowest BCUT2D eigenvalue weighted by atomic mass is 9.74. The Morgan fingerprint density at radius 3 is 2.39 bits per heavy atom. The van der Waals surface area contributed by atoms with Crippen LogP contribution in [0.3, 0.4) is 0 Å². The van der Waals surface area contributed by atoms with Crippen molar-refractivity contribution in [2.75, 3.05) is 40.0 Å². The summed E-state index contributed by atoms with van der Waals surface area (Å²) < 4.78 is 50.6. The quantitative estimate of drug-likeness (QED) is 0.319. The monoisotopic (exact) mass is 534 g/mol. The number of aliphatic hydroxyl groups is 3. The molecule has 7 nitrogen and oxygen atoms in total. The highest BCUT2D eigenvalue weighted by Crippen LogP contribution is 2.39. The average molecular weight is 535 g/mol. The summed E-state index contributed by atoms with van der Waals surface area (Å²) in [6, 6.07) is 7.04. The van der Waals surface area contributed by atoms with Crippen LogP contribution in [0.1, 0.15) is 42.9 Å². The molecule has 1 fully saturated rings. The molecule has 4 rings (SSSR count). The van der Waals surface area contributed by atoms with E-state index in [1.165, 1.54) is 0 Å². The first-order valence-electron chi connectivity index (χ1n) is 12.6. The summed E-state index contributed by atoms with van der Waals surface area (Å²) in [5, 5.41) is 32.1. The van der Waals surface area contributed by atoms with Crippen molar-refractivity contribution in [3.05, 3.63) is 65.1 Å². The molecule has 0 amide bonds. The molecular formula is C28H33F3N2O5. The smallest absolute Gasteiger partial charge is 0.194 e. The highest BCUT2D eigenvalue weighted by molar-refractivity contribution is 5.85. The molecule has 1 atom stereocenters. The number of piperidine rings is 1. The second kappa shape index (κ2) is 12.3. The molecule has 38 heavy (non-hydrogen) atoms. The average Bonchev–Trinajstić information content (AvgIpc) is 2.94.